The molecule has 0 unspecified atom stereocenters. The van der Waals surface area contributed by atoms with Crippen molar-refractivity contribution < 1.29 is 24.0 Å². The van der Waals surface area contributed by atoms with Crippen LogP contribution in [0.1, 0.15) is 28.8 Å². The van der Waals surface area contributed by atoms with E-state index in [-0.39, 0.29) is 56.7 Å². The fourth-order valence-electron chi connectivity index (χ4n) is 4.13. The number of imide groups is 1. The Morgan fingerprint density at radius 3 is 2.12 bits per heavy atom. The topological polar surface area (TPSA) is 107 Å². The molecule has 1 heterocycles. The molecule has 2 aromatic rings. The molecule has 10 heteroatoms. The van der Waals surface area contributed by atoms with Crippen molar-refractivity contribution in [3.63, 3.8) is 0 Å². The summed E-state index contributed by atoms with van der Waals surface area (Å²) in [7, 11) is 0. The van der Waals surface area contributed by atoms with Crippen LogP contribution in [0.25, 0.3) is 0 Å². The third-order valence-electron chi connectivity index (χ3n) is 5.82. The zero-order valence-corrected chi connectivity index (χ0v) is 19.8. The molecule has 2 aliphatic rings. The lowest BCUT2D eigenvalue weighted by Crippen LogP contribution is -2.34. The summed E-state index contributed by atoms with van der Waals surface area (Å²) in [6.45, 7) is -0.244. The van der Waals surface area contributed by atoms with Crippen molar-refractivity contribution in [3.8, 4) is 0 Å². The molecule has 2 amide bonds. The second-order valence-electron chi connectivity index (χ2n) is 7.74. The van der Waals surface area contributed by atoms with Crippen molar-refractivity contribution >= 4 is 61.0 Å². The predicted octanol–water partition coefficient (Wildman–Crippen LogP) is 4.38. The summed E-state index contributed by atoms with van der Waals surface area (Å²) in [5.41, 5.74) is 0.778. The van der Waals surface area contributed by atoms with E-state index in [9.17, 15) is 24.5 Å². The van der Waals surface area contributed by atoms with Crippen LogP contribution in [0, 0.1) is 22.0 Å². The first-order valence-electron chi connectivity index (χ1n) is 9.93. The Hall–Kier alpha value is -2.59. The van der Waals surface area contributed by atoms with E-state index in [1.54, 1.807) is 6.07 Å². The first-order valence-corrected chi connectivity index (χ1v) is 11.8. The molecule has 8 nitrogen and oxygen atoms in total. The number of esters is 1. The van der Waals surface area contributed by atoms with E-state index in [0.29, 0.717) is 18.5 Å². The number of carbonyl (C=O) groups is 3. The monoisotopic (exact) mass is 564 g/mol. The van der Waals surface area contributed by atoms with Crippen LogP contribution in [0.3, 0.4) is 0 Å². The van der Waals surface area contributed by atoms with Gasteiger partial charge in [-0.05, 0) is 43.2 Å². The van der Waals surface area contributed by atoms with Crippen LogP contribution in [-0.4, -0.2) is 32.4 Å². The molecular formula is C22H18Br2N2O6. The van der Waals surface area contributed by atoms with Crippen LogP contribution in [0.2, 0.25) is 0 Å². The maximum Gasteiger partial charge on any atom is 0.338 e. The van der Waals surface area contributed by atoms with Gasteiger partial charge in [-0.2, -0.15) is 0 Å². The number of fused-ring (bicyclic) bond motifs is 1. The van der Waals surface area contributed by atoms with Crippen LogP contribution in [0.5, 0.6) is 0 Å². The molecule has 1 aliphatic carbocycles. The number of nitro groups is 1. The van der Waals surface area contributed by atoms with Crippen LogP contribution in [-0.2, 0) is 20.9 Å². The minimum atomic E-state index is -0.660. The maximum atomic E-state index is 12.9. The zero-order chi connectivity index (χ0) is 23.0. The summed E-state index contributed by atoms with van der Waals surface area (Å²) >= 11 is 7.13. The summed E-state index contributed by atoms with van der Waals surface area (Å²) in [4.78, 5) is 50.2. The number of amides is 2. The predicted molar refractivity (Wildman–Crippen MR) is 123 cm³/mol. The molecule has 0 aromatic heterocycles. The third-order valence-corrected chi connectivity index (χ3v) is 8.55. The second kappa shape index (κ2) is 9.11. The minimum Gasteiger partial charge on any atom is -0.457 e. The molecule has 166 valence electrons. The number of benzene rings is 2. The average molecular weight is 566 g/mol. The number of halogens is 2. The molecule has 2 aromatic carbocycles. The number of ether oxygens (including phenoxy) is 1. The Labute approximate surface area is 200 Å². The number of alkyl halides is 2. The Balaban J connectivity index is 1.45. The SMILES string of the molecule is O=C(OCc1ccccc1[N+](=O)[O-])c1ccc(N2C(=O)[C@H]3C[C@@H](Br)[C@@H](Br)C[C@H]3C2=O)cc1. The van der Waals surface area contributed by atoms with Crippen molar-refractivity contribution in [2.24, 2.45) is 11.8 Å². The van der Waals surface area contributed by atoms with Gasteiger partial charge in [0.25, 0.3) is 5.69 Å². The van der Waals surface area contributed by atoms with Crippen molar-refractivity contribution in [2.45, 2.75) is 29.1 Å². The van der Waals surface area contributed by atoms with E-state index in [4.69, 9.17) is 4.74 Å². The Morgan fingerprint density at radius 2 is 1.56 bits per heavy atom. The van der Waals surface area contributed by atoms with E-state index in [0.717, 1.165) is 0 Å². The molecule has 2 fully saturated rings. The summed E-state index contributed by atoms with van der Waals surface area (Å²) in [6.07, 6.45) is 1.16. The number of nitrogens with zero attached hydrogens (tertiary/aromatic N) is 2. The standard InChI is InChI=1S/C22H18Br2N2O6/c23-17-9-15-16(10-18(17)24)21(28)25(20(15)27)14-7-5-12(6-8-14)22(29)32-11-13-3-1-2-4-19(13)26(30)31/h1-8,15-18H,9-11H2/t15-,16+,17+,18-. The van der Waals surface area contributed by atoms with Crippen molar-refractivity contribution in [2.75, 3.05) is 4.90 Å². The summed E-state index contributed by atoms with van der Waals surface area (Å²) in [5, 5.41) is 11.1. The molecule has 1 saturated carbocycles. The Morgan fingerprint density at radius 1 is 1.00 bits per heavy atom. The molecule has 4 atom stereocenters. The van der Waals surface area contributed by atoms with Crippen LogP contribution in [0.15, 0.2) is 48.5 Å². The number of rotatable bonds is 5. The first kappa shape index (κ1) is 22.6. The summed E-state index contributed by atoms with van der Waals surface area (Å²) in [5.74, 6) is -1.82. The van der Waals surface area contributed by atoms with Crippen LogP contribution in [0.4, 0.5) is 11.4 Å². The smallest absolute Gasteiger partial charge is 0.338 e. The van der Waals surface area contributed by atoms with E-state index >= 15 is 0 Å². The molecule has 0 spiro atoms. The Kier molecular flexibility index (Phi) is 6.43. The molecule has 4 rings (SSSR count). The molecule has 1 aliphatic heterocycles. The molecular weight excluding hydrogens is 548 g/mol. The lowest BCUT2D eigenvalue weighted by molar-refractivity contribution is -0.385. The highest BCUT2D eigenvalue weighted by molar-refractivity contribution is 9.12. The second-order valence-corrected chi connectivity index (χ2v) is 10.1. The number of anilines is 1. The van der Waals surface area contributed by atoms with Gasteiger partial charge >= 0.3 is 5.97 Å². The van der Waals surface area contributed by atoms with Crippen molar-refractivity contribution in [3.05, 3.63) is 69.8 Å². The molecule has 0 bridgehead atoms. The van der Waals surface area contributed by atoms with Gasteiger partial charge in [-0.3, -0.25) is 24.6 Å². The van der Waals surface area contributed by atoms with Gasteiger partial charge in [-0.15, -0.1) is 0 Å². The minimum absolute atomic E-state index is 0.123. The molecule has 32 heavy (non-hydrogen) atoms. The van der Waals surface area contributed by atoms with E-state index in [2.05, 4.69) is 31.9 Å². The van der Waals surface area contributed by atoms with Gasteiger partial charge in [0.1, 0.15) is 6.61 Å². The van der Waals surface area contributed by atoms with Crippen molar-refractivity contribution in [1.82, 2.24) is 0 Å². The molecule has 0 N–H and O–H groups in total. The third kappa shape index (κ3) is 4.21. The molecule has 1 saturated heterocycles. The fraction of sp³-hybridized carbons (Fsp3) is 0.318. The van der Waals surface area contributed by atoms with Gasteiger partial charge in [0.2, 0.25) is 11.8 Å². The average Bonchev–Trinajstić information content (AvgIpc) is 3.02. The molecule has 0 radical (unpaired) electrons. The highest BCUT2D eigenvalue weighted by Gasteiger charge is 2.52. The highest BCUT2D eigenvalue weighted by atomic mass is 79.9. The van der Waals surface area contributed by atoms with Gasteiger partial charge in [-0.25, -0.2) is 4.79 Å². The number of carbonyl (C=O) groups excluding carboxylic acids is 3. The summed E-state index contributed by atoms with van der Waals surface area (Å²) < 4.78 is 5.21. The van der Waals surface area contributed by atoms with E-state index in [1.165, 1.54) is 47.4 Å². The quantitative estimate of drug-likeness (QED) is 0.175. The zero-order valence-electron chi connectivity index (χ0n) is 16.6. The number of hydrogen-bond acceptors (Lipinski definition) is 6. The number of para-hydroxylation sites is 1. The summed E-state index contributed by atoms with van der Waals surface area (Å²) in [6, 6.07) is 12.0. The van der Waals surface area contributed by atoms with E-state index in [1.807, 2.05) is 0 Å². The van der Waals surface area contributed by atoms with Gasteiger partial charge in [0, 0.05) is 15.7 Å². The highest BCUT2D eigenvalue weighted by Crippen LogP contribution is 2.44. The van der Waals surface area contributed by atoms with Crippen LogP contribution >= 0.6 is 31.9 Å². The number of hydrogen-bond donors (Lipinski definition) is 0. The lowest BCUT2D eigenvalue weighted by Gasteiger charge is -2.29. The maximum absolute atomic E-state index is 12.9. The van der Waals surface area contributed by atoms with Gasteiger partial charge < -0.3 is 4.74 Å². The largest absolute Gasteiger partial charge is 0.457 e. The number of nitro benzene ring substituents is 1. The van der Waals surface area contributed by atoms with E-state index < -0.39 is 10.9 Å². The van der Waals surface area contributed by atoms with Gasteiger partial charge in [-0.1, -0.05) is 44.0 Å². The van der Waals surface area contributed by atoms with Gasteiger partial charge in [0.05, 0.1) is 33.6 Å². The lowest BCUT2D eigenvalue weighted by atomic mass is 9.81. The van der Waals surface area contributed by atoms with Gasteiger partial charge in [0.15, 0.2) is 0 Å². The fourth-order valence-corrected chi connectivity index (χ4v) is 5.37. The first-order chi connectivity index (χ1) is 15.3. The van der Waals surface area contributed by atoms with Crippen molar-refractivity contribution in [1.29, 1.82) is 0 Å². The Bertz CT molecular complexity index is 1060. The van der Waals surface area contributed by atoms with Crippen LogP contribution < -0.4 is 4.90 Å². The normalized spacial score (nSPS) is 24.9.